The van der Waals surface area contributed by atoms with Crippen LogP contribution in [0.15, 0.2) is 24.3 Å². The molecule has 1 fully saturated rings. The Kier molecular flexibility index (Phi) is 5.16. The van der Waals surface area contributed by atoms with Crippen LogP contribution in [0.3, 0.4) is 0 Å². The van der Waals surface area contributed by atoms with E-state index in [4.69, 9.17) is 4.74 Å². The number of carbonyl (C=O) groups excluding carboxylic acids is 2. The van der Waals surface area contributed by atoms with Crippen LogP contribution in [-0.2, 0) is 4.74 Å². The number of urea groups is 1. The van der Waals surface area contributed by atoms with Gasteiger partial charge in [-0.2, -0.15) is 0 Å². The second-order valence-electron chi connectivity index (χ2n) is 5.25. The minimum Gasteiger partial charge on any atom is -0.376 e. The van der Waals surface area contributed by atoms with E-state index in [1.165, 1.54) is 4.90 Å². The Bertz CT molecular complexity index is 511. The van der Waals surface area contributed by atoms with Gasteiger partial charge in [-0.3, -0.25) is 4.79 Å². The van der Waals surface area contributed by atoms with Gasteiger partial charge >= 0.3 is 6.03 Å². The first kappa shape index (κ1) is 15.3. The average molecular weight is 291 g/mol. The van der Waals surface area contributed by atoms with Gasteiger partial charge in [0.05, 0.1) is 6.10 Å². The van der Waals surface area contributed by atoms with Crippen LogP contribution in [0.2, 0.25) is 0 Å². The van der Waals surface area contributed by atoms with E-state index in [2.05, 4.69) is 10.6 Å². The van der Waals surface area contributed by atoms with Crippen molar-refractivity contribution in [2.24, 2.45) is 0 Å². The standard InChI is InChI=1S/C15H21N3O3/c1-18(2)14(19)11-5-3-6-12(9-11)17-15(20)16-10-13-7-4-8-21-13/h3,5-6,9,13H,4,7-8,10H2,1-2H3,(H2,16,17,20). The Hall–Kier alpha value is -2.08. The number of ether oxygens (including phenoxy) is 1. The number of rotatable bonds is 4. The highest BCUT2D eigenvalue weighted by Gasteiger charge is 2.16. The molecule has 2 N–H and O–H groups in total. The van der Waals surface area contributed by atoms with Gasteiger partial charge in [-0.15, -0.1) is 0 Å². The molecule has 0 bridgehead atoms. The van der Waals surface area contributed by atoms with Crippen LogP contribution in [0.4, 0.5) is 10.5 Å². The summed E-state index contributed by atoms with van der Waals surface area (Å²) in [4.78, 5) is 25.2. The molecule has 0 radical (unpaired) electrons. The van der Waals surface area contributed by atoms with Crippen molar-refractivity contribution in [1.82, 2.24) is 10.2 Å². The van der Waals surface area contributed by atoms with Gasteiger partial charge in [0, 0.05) is 38.5 Å². The molecule has 1 heterocycles. The maximum absolute atomic E-state index is 11.9. The predicted octanol–water partition coefficient (Wildman–Crippen LogP) is 1.69. The van der Waals surface area contributed by atoms with E-state index in [1.807, 2.05) is 0 Å². The number of benzene rings is 1. The monoisotopic (exact) mass is 291 g/mol. The van der Waals surface area contributed by atoms with Crippen LogP contribution in [0.25, 0.3) is 0 Å². The van der Waals surface area contributed by atoms with Gasteiger partial charge in [-0.05, 0) is 31.0 Å². The third-order valence-electron chi connectivity index (χ3n) is 3.29. The van der Waals surface area contributed by atoms with Crippen molar-refractivity contribution in [2.75, 3.05) is 32.6 Å². The van der Waals surface area contributed by atoms with E-state index >= 15 is 0 Å². The lowest BCUT2D eigenvalue weighted by molar-refractivity contribution is 0.0827. The summed E-state index contributed by atoms with van der Waals surface area (Å²) >= 11 is 0. The molecule has 6 heteroatoms. The molecule has 0 spiro atoms. The molecule has 0 saturated carbocycles. The first-order valence-electron chi connectivity index (χ1n) is 7.04. The van der Waals surface area contributed by atoms with Gasteiger partial charge in [-0.25, -0.2) is 4.79 Å². The highest BCUT2D eigenvalue weighted by atomic mass is 16.5. The number of nitrogens with zero attached hydrogens (tertiary/aromatic N) is 1. The first-order valence-corrected chi connectivity index (χ1v) is 7.04. The van der Waals surface area contributed by atoms with Crippen molar-refractivity contribution in [3.05, 3.63) is 29.8 Å². The van der Waals surface area contributed by atoms with Crippen LogP contribution in [0.5, 0.6) is 0 Å². The number of carbonyl (C=O) groups is 2. The second kappa shape index (κ2) is 7.08. The van der Waals surface area contributed by atoms with Crippen LogP contribution < -0.4 is 10.6 Å². The van der Waals surface area contributed by atoms with E-state index in [0.29, 0.717) is 17.8 Å². The minimum atomic E-state index is -0.292. The highest BCUT2D eigenvalue weighted by molar-refractivity contribution is 5.96. The lowest BCUT2D eigenvalue weighted by Gasteiger charge is -2.13. The zero-order valence-corrected chi connectivity index (χ0v) is 12.4. The normalized spacial score (nSPS) is 17.3. The molecule has 3 amide bonds. The van der Waals surface area contributed by atoms with Gasteiger partial charge < -0.3 is 20.3 Å². The van der Waals surface area contributed by atoms with Crippen LogP contribution >= 0.6 is 0 Å². The number of anilines is 1. The fourth-order valence-electron chi connectivity index (χ4n) is 2.18. The molecule has 1 saturated heterocycles. The summed E-state index contributed by atoms with van der Waals surface area (Å²) < 4.78 is 5.44. The Balaban J connectivity index is 1.88. The largest absolute Gasteiger partial charge is 0.376 e. The molecule has 1 aliphatic rings. The maximum Gasteiger partial charge on any atom is 0.319 e. The Morgan fingerprint density at radius 2 is 2.19 bits per heavy atom. The fourth-order valence-corrected chi connectivity index (χ4v) is 2.18. The lowest BCUT2D eigenvalue weighted by Crippen LogP contribution is -2.35. The second-order valence-corrected chi connectivity index (χ2v) is 5.25. The molecule has 0 aliphatic carbocycles. The van der Waals surface area contributed by atoms with Gasteiger partial charge in [0.15, 0.2) is 0 Å². The molecule has 2 rings (SSSR count). The zero-order chi connectivity index (χ0) is 15.2. The third-order valence-corrected chi connectivity index (χ3v) is 3.29. The minimum absolute atomic E-state index is 0.0987. The lowest BCUT2D eigenvalue weighted by atomic mass is 10.2. The Labute approximate surface area is 124 Å². The molecular formula is C15H21N3O3. The molecule has 6 nitrogen and oxygen atoms in total. The van der Waals surface area contributed by atoms with E-state index in [0.717, 1.165) is 19.4 Å². The van der Waals surface area contributed by atoms with E-state index in [1.54, 1.807) is 38.4 Å². The van der Waals surface area contributed by atoms with Gasteiger partial charge in [-0.1, -0.05) is 6.07 Å². The topological polar surface area (TPSA) is 70.7 Å². The highest BCUT2D eigenvalue weighted by Crippen LogP contribution is 2.13. The van der Waals surface area contributed by atoms with Crippen molar-refractivity contribution < 1.29 is 14.3 Å². The molecule has 114 valence electrons. The van der Waals surface area contributed by atoms with Crippen molar-refractivity contribution in [2.45, 2.75) is 18.9 Å². The summed E-state index contributed by atoms with van der Waals surface area (Å²) in [5, 5.41) is 5.50. The van der Waals surface area contributed by atoms with Crippen molar-refractivity contribution in [3.8, 4) is 0 Å². The molecule has 21 heavy (non-hydrogen) atoms. The predicted molar refractivity (Wildman–Crippen MR) is 80.5 cm³/mol. The quantitative estimate of drug-likeness (QED) is 0.887. The molecule has 1 unspecified atom stereocenters. The fraction of sp³-hybridized carbons (Fsp3) is 0.467. The molecule has 0 aromatic heterocycles. The molecular weight excluding hydrogens is 270 g/mol. The molecule has 1 aliphatic heterocycles. The van der Waals surface area contributed by atoms with Crippen LogP contribution in [0.1, 0.15) is 23.2 Å². The SMILES string of the molecule is CN(C)C(=O)c1cccc(NC(=O)NCC2CCCO2)c1. The summed E-state index contributed by atoms with van der Waals surface area (Å²) in [5.74, 6) is -0.0987. The summed E-state index contributed by atoms with van der Waals surface area (Å²) in [6.45, 7) is 1.27. The van der Waals surface area contributed by atoms with Crippen molar-refractivity contribution >= 4 is 17.6 Å². The van der Waals surface area contributed by atoms with Gasteiger partial charge in [0.2, 0.25) is 0 Å². The number of nitrogens with one attached hydrogen (secondary N) is 2. The van der Waals surface area contributed by atoms with E-state index < -0.39 is 0 Å². The van der Waals surface area contributed by atoms with E-state index in [9.17, 15) is 9.59 Å². The summed E-state index contributed by atoms with van der Waals surface area (Å²) in [6, 6.07) is 6.58. The third kappa shape index (κ3) is 4.46. The molecule has 1 aromatic carbocycles. The number of hydrogen-bond donors (Lipinski definition) is 2. The maximum atomic E-state index is 11.9. The average Bonchev–Trinajstić information content (AvgIpc) is 2.98. The summed E-state index contributed by atoms with van der Waals surface area (Å²) in [6.07, 6.45) is 2.13. The Morgan fingerprint density at radius 3 is 2.86 bits per heavy atom. The molecule has 1 atom stereocenters. The van der Waals surface area contributed by atoms with Crippen LogP contribution in [0, 0.1) is 0 Å². The number of hydrogen-bond acceptors (Lipinski definition) is 3. The van der Waals surface area contributed by atoms with Crippen molar-refractivity contribution in [1.29, 1.82) is 0 Å². The number of amides is 3. The van der Waals surface area contributed by atoms with Crippen molar-refractivity contribution in [3.63, 3.8) is 0 Å². The van der Waals surface area contributed by atoms with Gasteiger partial charge in [0.25, 0.3) is 5.91 Å². The summed E-state index contributed by atoms with van der Waals surface area (Å²) in [7, 11) is 3.38. The Morgan fingerprint density at radius 1 is 1.38 bits per heavy atom. The molecule has 1 aromatic rings. The first-order chi connectivity index (χ1) is 10.1. The van der Waals surface area contributed by atoms with Crippen LogP contribution in [-0.4, -0.2) is 50.2 Å². The summed E-state index contributed by atoms with van der Waals surface area (Å²) in [5.41, 5.74) is 1.13. The zero-order valence-electron chi connectivity index (χ0n) is 12.4. The van der Waals surface area contributed by atoms with E-state index in [-0.39, 0.29) is 18.0 Å². The smallest absolute Gasteiger partial charge is 0.319 e. The van der Waals surface area contributed by atoms with Gasteiger partial charge in [0.1, 0.15) is 0 Å².